The van der Waals surface area contributed by atoms with E-state index in [1.54, 1.807) is 0 Å². The Morgan fingerprint density at radius 1 is 1.25 bits per heavy atom. The second kappa shape index (κ2) is 4.67. The normalized spacial score (nSPS) is 20.2. The van der Waals surface area contributed by atoms with Gasteiger partial charge in [0.15, 0.2) is 0 Å². The molecule has 1 heterocycles. The summed E-state index contributed by atoms with van der Waals surface area (Å²) >= 11 is 0. The van der Waals surface area contributed by atoms with E-state index in [0.29, 0.717) is 0 Å². The fourth-order valence-corrected chi connectivity index (χ4v) is 2.36. The predicted molar refractivity (Wildman–Crippen MR) is 64.9 cm³/mol. The molecule has 1 fully saturated rings. The van der Waals surface area contributed by atoms with Crippen LogP contribution in [-0.2, 0) is 6.42 Å². The molecule has 0 aromatic heterocycles. The van der Waals surface area contributed by atoms with Crippen molar-refractivity contribution in [2.75, 3.05) is 20.1 Å². The fraction of sp³-hybridized carbons (Fsp3) is 0.500. The number of nitrogens with zero attached hydrogens (tertiary/aromatic N) is 2. The largest absolute Gasteiger partial charge is 0.306 e. The van der Waals surface area contributed by atoms with Crippen LogP contribution >= 0.6 is 0 Å². The van der Waals surface area contributed by atoms with Crippen LogP contribution in [0.15, 0.2) is 30.3 Å². The molecular weight excluding hydrogens is 196 g/mol. The van der Waals surface area contributed by atoms with Crippen molar-refractivity contribution in [3.63, 3.8) is 0 Å². The van der Waals surface area contributed by atoms with E-state index in [-0.39, 0.29) is 5.41 Å². The first kappa shape index (κ1) is 11.2. The highest BCUT2D eigenvalue weighted by molar-refractivity contribution is 5.19. The molecule has 0 N–H and O–H groups in total. The van der Waals surface area contributed by atoms with Gasteiger partial charge in [0.05, 0.1) is 11.5 Å². The van der Waals surface area contributed by atoms with Crippen LogP contribution in [0.4, 0.5) is 0 Å². The summed E-state index contributed by atoms with van der Waals surface area (Å²) in [5, 5.41) is 9.42. The average Bonchev–Trinajstić information content (AvgIpc) is 2.34. The lowest BCUT2D eigenvalue weighted by atomic mass is 9.75. The van der Waals surface area contributed by atoms with Gasteiger partial charge in [-0.2, -0.15) is 5.26 Å². The first-order valence-corrected chi connectivity index (χ1v) is 5.88. The van der Waals surface area contributed by atoms with Crippen LogP contribution in [0.3, 0.4) is 0 Å². The van der Waals surface area contributed by atoms with Crippen LogP contribution in [0.5, 0.6) is 0 Å². The van der Waals surface area contributed by atoms with Gasteiger partial charge in [0.1, 0.15) is 0 Å². The van der Waals surface area contributed by atoms with Crippen LogP contribution in [0.25, 0.3) is 0 Å². The lowest BCUT2D eigenvalue weighted by molar-refractivity contribution is 0.170. The summed E-state index contributed by atoms with van der Waals surface area (Å²) in [4.78, 5) is 2.31. The number of hydrogen-bond acceptors (Lipinski definition) is 2. The van der Waals surface area contributed by atoms with Gasteiger partial charge >= 0.3 is 0 Å². The van der Waals surface area contributed by atoms with Crippen molar-refractivity contribution >= 4 is 0 Å². The van der Waals surface area contributed by atoms with Crippen molar-refractivity contribution in [3.8, 4) is 6.07 Å². The molecular formula is C14H18N2. The van der Waals surface area contributed by atoms with Crippen molar-refractivity contribution in [1.82, 2.24) is 4.90 Å². The van der Waals surface area contributed by atoms with Gasteiger partial charge in [-0.3, -0.25) is 0 Å². The van der Waals surface area contributed by atoms with E-state index in [0.717, 1.165) is 32.4 Å². The van der Waals surface area contributed by atoms with Gasteiger partial charge in [0.25, 0.3) is 0 Å². The zero-order chi connectivity index (χ0) is 11.4. The summed E-state index contributed by atoms with van der Waals surface area (Å²) in [7, 11) is 2.13. The zero-order valence-electron chi connectivity index (χ0n) is 9.82. The third-order valence-electron chi connectivity index (χ3n) is 3.57. The lowest BCUT2D eigenvalue weighted by Gasteiger charge is -2.35. The van der Waals surface area contributed by atoms with E-state index < -0.39 is 0 Å². The molecule has 0 radical (unpaired) electrons. The first-order chi connectivity index (χ1) is 7.74. The number of nitriles is 1. The molecule has 1 aromatic rings. The highest BCUT2D eigenvalue weighted by Gasteiger charge is 2.33. The van der Waals surface area contributed by atoms with Crippen molar-refractivity contribution in [1.29, 1.82) is 5.26 Å². The van der Waals surface area contributed by atoms with Crippen molar-refractivity contribution in [3.05, 3.63) is 35.9 Å². The van der Waals surface area contributed by atoms with Gasteiger partial charge in [-0.1, -0.05) is 30.3 Å². The minimum absolute atomic E-state index is 0.131. The summed E-state index contributed by atoms with van der Waals surface area (Å²) in [6.45, 7) is 2.08. The van der Waals surface area contributed by atoms with E-state index in [1.165, 1.54) is 5.56 Å². The summed E-state index contributed by atoms with van der Waals surface area (Å²) in [6, 6.07) is 12.9. The van der Waals surface area contributed by atoms with Crippen LogP contribution in [0, 0.1) is 16.7 Å². The molecule has 0 amide bonds. The molecule has 1 aliphatic rings. The maximum Gasteiger partial charge on any atom is 0.0694 e. The number of benzene rings is 1. The number of hydrogen-bond donors (Lipinski definition) is 0. The Labute approximate surface area is 97.5 Å². The van der Waals surface area contributed by atoms with Crippen LogP contribution in [-0.4, -0.2) is 25.0 Å². The zero-order valence-corrected chi connectivity index (χ0v) is 9.82. The second-order valence-corrected chi connectivity index (χ2v) is 4.86. The predicted octanol–water partition coefficient (Wildman–Crippen LogP) is 2.46. The molecule has 16 heavy (non-hydrogen) atoms. The maximum absolute atomic E-state index is 9.42. The molecule has 0 aliphatic carbocycles. The minimum Gasteiger partial charge on any atom is -0.306 e. The Balaban J connectivity index is 2.09. The Kier molecular flexibility index (Phi) is 3.26. The highest BCUT2D eigenvalue weighted by atomic mass is 15.1. The van der Waals surface area contributed by atoms with E-state index in [1.807, 2.05) is 6.07 Å². The molecule has 1 aliphatic heterocycles. The lowest BCUT2D eigenvalue weighted by Crippen LogP contribution is -2.38. The molecule has 1 saturated heterocycles. The van der Waals surface area contributed by atoms with E-state index >= 15 is 0 Å². The van der Waals surface area contributed by atoms with Gasteiger partial charge in [-0.25, -0.2) is 0 Å². The quantitative estimate of drug-likeness (QED) is 0.756. The third-order valence-corrected chi connectivity index (χ3v) is 3.57. The number of piperidine rings is 1. The van der Waals surface area contributed by atoms with E-state index in [2.05, 4.69) is 42.3 Å². The Hall–Kier alpha value is -1.33. The number of rotatable bonds is 2. The molecule has 84 valence electrons. The van der Waals surface area contributed by atoms with Gasteiger partial charge in [0.2, 0.25) is 0 Å². The Morgan fingerprint density at radius 3 is 2.44 bits per heavy atom. The molecule has 2 rings (SSSR count). The molecule has 2 heteroatoms. The standard InChI is InChI=1S/C14H18N2/c1-16-9-7-14(12-15,8-10-16)11-13-5-3-2-4-6-13/h2-6H,7-11H2,1H3. The first-order valence-electron chi connectivity index (χ1n) is 5.88. The maximum atomic E-state index is 9.42. The molecule has 0 atom stereocenters. The van der Waals surface area contributed by atoms with Crippen LogP contribution in [0.2, 0.25) is 0 Å². The van der Waals surface area contributed by atoms with Crippen molar-refractivity contribution < 1.29 is 0 Å². The van der Waals surface area contributed by atoms with Crippen molar-refractivity contribution in [2.45, 2.75) is 19.3 Å². The SMILES string of the molecule is CN1CCC(C#N)(Cc2ccccc2)CC1. The summed E-state index contributed by atoms with van der Waals surface area (Å²) in [5.41, 5.74) is 1.15. The minimum atomic E-state index is -0.131. The third kappa shape index (κ3) is 2.43. The molecule has 0 bridgehead atoms. The average molecular weight is 214 g/mol. The van der Waals surface area contributed by atoms with Gasteiger partial charge in [-0.15, -0.1) is 0 Å². The smallest absolute Gasteiger partial charge is 0.0694 e. The molecule has 1 aromatic carbocycles. The summed E-state index contributed by atoms with van der Waals surface area (Å²) in [5.74, 6) is 0. The number of likely N-dealkylation sites (tertiary alicyclic amines) is 1. The summed E-state index contributed by atoms with van der Waals surface area (Å²) in [6.07, 6.45) is 2.89. The van der Waals surface area contributed by atoms with Crippen LogP contribution in [0.1, 0.15) is 18.4 Å². The summed E-state index contributed by atoms with van der Waals surface area (Å²) < 4.78 is 0. The highest BCUT2D eigenvalue weighted by Crippen LogP contribution is 2.33. The van der Waals surface area contributed by atoms with E-state index in [4.69, 9.17) is 0 Å². The Morgan fingerprint density at radius 2 is 1.88 bits per heavy atom. The Bertz CT molecular complexity index is 369. The van der Waals surface area contributed by atoms with Crippen molar-refractivity contribution in [2.24, 2.45) is 5.41 Å². The topological polar surface area (TPSA) is 27.0 Å². The van der Waals surface area contributed by atoms with E-state index in [9.17, 15) is 5.26 Å². The monoisotopic (exact) mass is 214 g/mol. The fourth-order valence-electron chi connectivity index (χ4n) is 2.36. The second-order valence-electron chi connectivity index (χ2n) is 4.86. The van der Waals surface area contributed by atoms with Gasteiger partial charge in [-0.05, 0) is 45.0 Å². The molecule has 0 unspecified atom stereocenters. The molecule has 0 spiro atoms. The molecule has 0 saturated carbocycles. The van der Waals surface area contributed by atoms with Gasteiger partial charge in [0, 0.05) is 0 Å². The van der Waals surface area contributed by atoms with Gasteiger partial charge < -0.3 is 4.90 Å². The van der Waals surface area contributed by atoms with Crippen LogP contribution < -0.4 is 0 Å². The molecule has 2 nitrogen and oxygen atoms in total.